The van der Waals surface area contributed by atoms with Gasteiger partial charge in [0.2, 0.25) is 0 Å². The molecule has 0 aliphatic carbocycles. The largest absolute Gasteiger partial charge is 0.456 e. The summed E-state index contributed by atoms with van der Waals surface area (Å²) >= 11 is 0. The van der Waals surface area contributed by atoms with Crippen LogP contribution in [-0.4, -0.2) is 4.57 Å². The Bertz CT molecular complexity index is 1650. The highest BCUT2D eigenvalue weighted by molar-refractivity contribution is 6.20. The predicted octanol–water partition coefficient (Wildman–Crippen LogP) is 9.27. The van der Waals surface area contributed by atoms with Crippen molar-refractivity contribution in [3.8, 4) is 18.5 Å². The molecular formula is C33H29NO. The number of nitrogens with zero attached hydrogens (tertiary/aromatic N) is 1. The number of fused-ring (bicyclic) bond motifs is 5. The van der Waals surface area contributed by atoms with Gasteiger partial charge >= 0.3 is 0 Å². The second-order valence-corrected chi connectivity index (χ2v) is 8.24. The van der Waals surface area contributed by atoms with Crippen LogP contribution in [0.5, 0.6) is 0 Å². The zero-order chi connectivity index (χ0) is 24.9. The zero-order valence-electron chi connectivity index (χ0n) is 20.5. The molecule has 5 rings (SSSR count). The van der Waals surface area contributed by atoms with E-state index in [1.54, 1.807) is 0 Å². The number of furan rings is 1. The lowest BCUT2D eigenvalue weighted by molar-refractivity contribution is 0.604. The van der Waals surface area contributed by atoms with Crippen LogP contribution in [0.25, 0.3) is 50.1 Å². The molecule has 0 aliphatic heterocycles. The van der Waals surface area contributed by atoms with Gasteiger partial charge in [-0.05, 0) is 68.3 Å². The van der Waals surface area contributed by atoms with Crippen molar-refractivity contribution in [2.75, 3.05) is 0 Å². The van der Waals surface area contributed by atoms with E-state index in [-0.39, 0.29) is 0 Å². The summed E-state index contributed by atoms with van der Waals surface area (Å²) in [6.07, 6.45) is 20.2. The maximum atomic E-state index is 6.40. The van der Waals surface area contributed by atoms with Crippen molar-refractivity contribution in [3.63, 3.8) is 0 Å². The van der Waals surface area contributed by atoms with Crippen LogP contribution in [0.2, 0.25) is 0 Å². The molecule has 0 saturated heterocycles. The molecule has 2 nitrogen and oxygen atoms in total. The second-order valence-electron chi connectivity index (χ2n) is 8.24. The smallest absolute Gasteiger partial charge is 0.145 e. The number of hydrogen-bond donors (Lipinski definition) is 0. The number of para-hydroxylation sites is 1. The summed E-state index contributed by atoms with van der Waals surface area (Å²) in [7, 11) is 0. The summed E-state index contributed by atoms with van der Waals surface area (Å²) < 4.78 is 8.72. The molecule has 2 heteroatoms. The second kappa shape index (κ2) is 10.2. The average molecular weight is 456 g/mol. The van der Waals surface area contributed by atoms with Gasteiger partial charge in [0.25, 0.3) is 0 Å². The van der Waals surface area contributed by atoms with Crippen LogP contribution < -0.4 is 0 Å². The molecule has 0 unspecified atom stereocenters. The van der Waals surface area contributed by atoms with Gasteiger partial charge in [0, 0.05) is 22.0 Å². The molecule has 0 radical (unpaired) electrons. The Morgan fingerprint density at radius 1 is 0.886 bits per heavy atom. The molecule has 0 spiro atoms. The lowest BCUT2D eigenvalue weighted by Crippen LogP contribution is -1.94. The summed E-state index contributed by atoms with van der Waals surface area (Å²) in [5.41, 5.74) is 7.61. The maximum absolute atomic E-state index is 6.40. The number of terminal acetylenes is 1. The SMILES string of the molecule is C#C.C=C(/C=C\C=C/C)c1cccc(-n2c3ccccc3c3c4oc(/C=C\C)c(C)c4ccc32)c1. The van der Waals surface area contributed by atoms with E-state index in [2.05, 4.69) is 91.6 Å². The van der Waals surface area contributed by atoms with Gasteiger partial charge in [0.15, 0.2) is 0 Å². The van der Waals surface area contributed by atoms with Crippen molar-refractivity contribution >= 4 is 44.4 Å². The van der Waals surface area contributed by atoms with Crippen molar-refractivity contribution in [3.05, 3.63) is 115 Å². The fourth-order valence-electron chi connectivity index (χ4n) is 4.56. The molecule has 0 amide bonds. The van der Waals surface area contributed by atoms with Gasteiger partial charge in [-0.2, -0.15) is 0 Å². The summed E-state index contributed by atoms with van der Waals surface area (Å²) in [4.78, 5) is 0. The quantitative estimate of drug-likeness (QED) is 0.191. The summed E-state index contributed by atoms with van der Waals surface area (Å²) in [5.74, 6) is 0.919. The Kier molecular flexibility index (Phi) is 6.90. The Morgan fingerprint density at radius 2 is 1.69 bits per heavy atom. The number of aromatic nitrogens is 1. The van der Waals surface area contributed by atoms with Gasteiger partial charge in [0.1, 0.15) is 11.3 Å². The molecular weight excluding hydrogens is 426 g/mol. The molecule has 35 heavy (non-hydrogen) atoms. The predicted molar refractivity (Wildman–Crippen MR) is 153 cm³/mol. The van der Waals surface area contributed by atoms with Gasteiger partial charge in [-0.25, -0.2) is 0 Å². The number of benzene rings is 3. The Labute approximate surface area is 207 Å². The van der Waals surface area contributed by atoms with E-state index in [0.717, 1.165) is 50.0 Å². The molecule has 0 N–H and O–H groups in total. The third kappa shape index (κ3) is 4.14. The van der Waals surface area contributed by atoms with Crippen molar-refractivity contribution < 1.29 is 4.42 Å². The van der Waals surface area contributed by atoms with Crippen LogP contribution in [0.3, 0.4) is 0 Å². The third-order valence-corrected chi connectivity index (χ3v) is 6.17. The summed E-state index contributed by atoms with van der Waals surface area (Å²) in [6, 6.07) is 21.5. The first-order valence-electron chi connectivity index (χ1n) is 11.6. The molecule has 2 heterocycles. The number of hydrogen-bond acceptors (Lipinski definition) is 1. The molecule has 0 bridgehead atoms. The van der Waals surface area contributed by atoms with Crippen molar-refractivity contribution in [1.29, 1.82) is 0 Å². The van der Waals surface area contributed by atoms with Gasteiger partial charge < -0.3 is 8.98 Å². The lowest BCUT2D eigenvalue weighted by atomic mass is 10.1. The fourth-order valence-corrected chi connectivity index (χ4v) is 4.56. The maximum Gasteiger partial charge on any atom is 0.145 e. The zero-order valence-corrected chi connectivity index (χ0v) is 20.5. The molecule has 172 valence electrons. The van der Waals surface area contributed by atoms with Crippen LogP contribution in [0.15, 0.2) is 102 Å². The molecule has 2 aromatic heterocycles. The molecule has 5 aromatic rings. The molecule has 0 fully saturated rings. The van der Waals surface area contributed by atoms with Crippen molar-refractivity contribution in [1.82, 2.24) is 4.57 Å². The molecule has 0 atom stereocenters. The molecule has 0 aliphatic rings. The first-order chi connectivity index (χ1) is 17.1. The van der Waals surface area contributed by atoms with Crippen molar-refractivity contribution in [2.24, 2.45) is 0 Å². The highest BCUT2D eigenvalue weighted by Gasteiger charge is 2.19. The number of allylic oxidation sites excluding steroid dienone is 6. The van der Waals surface area contributed by atoms with Gasteiger partial charge in [-0.1, -0.05) is 67.3 Å². The van der Waals surface area contributed by atoms with E-state index in [4.69, 9.17) is 4.42 Å². The van der Waals surface area contributed by atoms with E-state index in [0.29, 0.717) is 0 Å². The fraction of sp³-hybridized carbons (Fsp3) is 0.0909. The average Bonchev–Trinajstić information content (AvgIpc) is 3.40. The molecule has 3 aromatic carbocycles. The van der Waals surface area contributed by atoms with Gasteiger partial charge in [-0.3, -0.25) is 0 Å². The third-order valence-electron chi connectivity index (χ3n) is 6.17. The van der Waals surface area contributed by atoms with Gasteiger partial charge in [0.05, 0.1) is 16.4 Å². The monoisotopic (exact) mass is 455 g/mol. The highest BCUT2D eigenvalue weighted by Crippen LogP contribution is 2.39. The Morgan fingerprint density at radius 3 is 2.46 bits per heavy atom. The van der Waals surface area contributed by atoms with Gasteiger partial charge in [-0.15, -0.1) is 12.8 Å². The van der Waals surface area contributed by atoms with Crippen molar-refractivity contribution in [2.45, 2.75) is 20.8 Å². The Hall–Kier alpha value is -4.48. The normalized spacial score (nSPS) is 11.8. The van der Waals surface area contributed by atoms with Crippen LogP contribution in [0.4, 0.5) is 0 Å². The van der Waals surface area contributed by atoms with E-state index in [9.17, 15) is 0 Å². The first kappa shape index (κ1) is 23.7. The Balaban J connectivity index is 0.00000141. The summed E-state index contributed by atoms with van der Waals surface area (Å²) in [5, 5.41) is 3.50. The van der Waals surface area contributed by atoms with E-state index >= 15 is 0 Å². The van der Waals surface area contributed by atoms with Crippen LogP contribution in [0, 0.1) is 19.8 Å². The lowest BCUT2D eigenvalue weighted by Gasteiger charge is -2.10. The summed E-state index contributed by atoms with van der Waals surface area (Å²) in [6.45, 7) is 10.4. The van der Waals surface area contributed by atoms with Crippen LogP contribution >= 0.6 is 0 Å². The first-order valence-corrected chi connectivity index (χ1v) is 11.6. The van der Waals surface area contributed by atoms with Crippen LogP contribution in [0.1, 0.15) is 30.7 Å². The molecule has 0 saturated carbocycles. The minimum atomic E-state index is 0.919. The standard InChI is InChI=1S/C31H27NO.C2H2/c1-5-7-8-13-21(3)23-14-11-15-24(20-23)32-27-17-10-9-16-26(27)30-28(32)19-18-25-22(4)29(12-6-2)33-31(25)30;1-2/h5-20H,3H2,1-2,4H3;1-2H/b7-5-,12-6-,13-8-;. The van der Waals surface area contributed by atoms with Crippen LogP contribution in [-0.2, 0) is 0 Å². The topological polar surface area (TPSA) is 18.1 Å². The minimum Gasteiger partial charge on any atom is -0.456 e. The number of aryl methyl sites for hydroxylation is 1. The highest BCUT2D eigenvalue weighted by atomic mass is 16.3. The van der Waals surface area contributed by atoms with E-state index in [1.807, 2.05) is 50.3 Å². The van der Waals surface area contributed by atoms with E-state index in [1.165, 1.54) is 10.9 Å². The number of rotatable bonds is 5. The van der Waals surface area contributed by atoms with E-state index < -0.39 is 0 Å². The minimum absolute atomic E-state index is 0.919.